The number of amides is 1. The molecule has 23 heavy (non-hydrogen) atoms. The lowest BCUT2D eigenvalue weighted by molar-refractivity contribution is 0.102. The van der Waals surface area contributed by atoms with E-state index in [1.54, 1.807) is 0 Å². The third-order valence-corrected chi connectivity index (χ3v) is 4.49. The van der Waals surface area contributed by atoms with Crippen LogP contribution >= 0.6 is 0 Å². The van der Waals surface area contributed by atoms with Gasteiger partial charge in [-0.2, -0.15) is 0 Å². The Balaban J connectivity index is 1.67. The van der Waals surface area contributed by atoms with Gasteiger partial charge < -0.3 is 10.3 Å². The van der Waals surface area contributed by atoms with E-state index in [9.17, 15) is 4.79 Å². The van der Waals surface area contributed by atoms with Crippen molar-refractivity contribution in [3.63, 3.8) is 0 Å². The maximum Gasteiger partial charge on any atom is 0.256 e. The first-order valence-electron chi connectivity index (χ1n) is 8.09. The molecule has 1 aliphatic carbocycles. The summed E-state index contributed by atoms with van der Waals surface area (Å²) in [6, 6.07) is 11.5. The Hall–Kier alpha value is -2.62. The molecule has 2 heterocycles. The molecule has 1 aromatic carbocycles. The van der Waals surface area contributed by atoms with Crippen molar-refractivity contribution in [3.05, 3.63) is 58.9 Å². The summed E-state index contributed by atoms with van der Waals surface area (Å²) in [5.74, 6) is 0.474. The SMILES string of the molecule is Cc1cccc(NC(=O)c2ccc3[nH]c4c(c3c2)CCCC4)n1. The van der Waals surface area contributed by atoms with Gasteiger partial charge >= 0.3 is 0 Å². The molecular formula is C19H19N3O. The Bertz CT molecular complexity index is 895. The molecule has 4 rings (SSSR count). The first-order valence-corrected chi connectivity index (χ1v) is 8.09. The van der Waals surface area contributed by atoms with Crippen LogP contribution in [0.25, 0.3) is 10.9 Å². The fraction of sp³-hybridized carbons (Fsp3) is 0.263. The maximum absolute atomic E-state index is 12.5. The molecule has 0 bridgehead atoms. The number of H-pyrrole nitrogens is 1. The lowest BCUT2D eigenvalue weighted by Crippen LogP contribution is -2.13. The van der Waals surface area contributed by atoms with E-state index in [0.717, 1.165) is 24.1 Å². The number of aromatic nitrogens is 2. The summed E-state index contributed by atoms with van der Waals surface area (Å²) < 4.78 is 0. The molecule has 0 unspecified atom stereocenters. The molecule has 2 aromatic heterocycles. The van der Waals surface area contributed by atoms with Gasteiger partial charge in [0.05, 0.1) is 0 Å². The molecule has 0 aliphatic heterocycles. The van der Waals surface area contributed by atoms with Gasteiger partial charge in [-0.1, -0.05) is 6.07 Å². The lowest BCUT2D eigenvalue weighted by atomic mass is 9.95. The second kappa shape index (κ2) is 5.54. The highest BCUT2D eigenvalue weighted by molar-refractivity contribution is 6.06. The highest BCUT2D eigenvalue weighted by Gasteiger charge is 2.17. The first kappa shape index (κ1) is 14.0. The van der Waals surface area contributed by atoms with Crippen molar-refractivity contribution < 1.29 is 4.79 Å². The summed E-state index contributed by atoms with van der Waals surface area (Å²) in [7, 11) is 0. The number of aromatic amines is 1. The molecule has 4 nitrogen and oxygen atoms in total. The average molecular weight is 305 g/mol. The van der Waals surface area contributed by atoms with Crippen molar-refractivity contribution >= 4 is 22.6 Å². The van der Waals surface area contributed by atoms with Gasteiger partial charge in [-0.15, -0.1) is 0 Å². The zero-order valence-corrected chi connectivity index (χ0v) is 13.1. The van der Waals surface area contributed by atoms with Crippen LogP contribution in [0.1, 0.15) is 40.2 Å². The van der Waals surface area contributed by atoms with Crippen LogP contribution in [0.3, 0.4) is 0 Å². The van der Waals surface area contributed by atoms with Crippen molar-refractivity contribution in [2.24, 2.45) is 0 Å². The number of hydrogen-bond acceptors (Lipinski definition) is 2. The number of anilines is 1. The van der Waals surface area contributed by atoms with Gasteiger partial charge in [0.1, 0.15) is 5.82 Å². The Morgan fingerprint density at radius 2 is 2.04 bits per heavy atom. The number of hydrogen-bond donors (Lipinski definition) is 2. The van der Waals surface area contributed by atoms with E-state index in [4.69, 9.17) is 0 Å². The number of aryl methyl sites for hydroxylation is 3. The van der Waals surface area contributed by atoms with Crippen LogP contribution in [0.4, 0.5) is 5.82 Å². The van der Waals surface area contributed by atoms with Crippen molar-refractivity contribution in [3.8, 4) is 0 Å². The van der Waals surface area contributed by atoms with Gasteiger partial charge in [-0.25, -0.2) is 4.98 Å². The normalized spacial score (nSPS) is 13.8. The second-order valence-electron chi connectivity index (χ2n) is 6.17. The molecule has 1 amide bonds. The highest BCUT2D eigenvalue weighted by Crippen LogP contribution is 2.29. The van der Waals surface area contributed by atoms with Gasteiger partial charge in [0.2, 0.25) is 0 Å². The molecule has 0 radical (unpaired) electrons. The fourth-order valence-electron chi connectivity index (χ4n) is 3.35. The molecule has 0 fully saturated rings. The Morgan fingerprint density at radius 3 is 2.91 bits per heavy atom. The zero-order chi connectivity index (χ0) is 15.8. The number of pyridine rings is 1. The van der Waals surface area contributed by atoms with Crippen LogP contribution in [0.2, 0.25) is 0 Å². The van der Waals surface area contributed by atoms with Gasteiger partial charge in [0.25, 0.3) is 5.91 Å². The monoisotopic (exact) mass is 305 g/mol. The minimum absolute atomic E-state index is 0.115. The number of benzene rings is 1. The van der Waals surface area contributed by atoms with Crippen molar-refractivity contribution in [2.45, 2.75) is 32.6 Å². The van der Waals surface area contributed by atoms with Gasteiger partial charge in [0, 0.05) is 27.9 Å². The van der Waals surface area contributed by atoms with Crippen molar-refractivity contribution in [1.29, 1.82) is 0 Å². The summed E-state index contributed by atoms with van der Waals surface area (Å²) in [6.45, 7) is 1.91. The third-order valence-electron chi connectivity index (χ3n) is 4.49. The molecule has 4 heteroatoms. The molecule has 0 saturated carbocycles. The van der Waals surface area contributed by atoms with Crippen LogP contribution in [0, 0.1) is 6.92 Å². The number of fused-ring (bicyclic) bond motifs is 3. The fourth-order valence-corrected chi connectivity index (χ4v) is 3.35. The summed E-state index contributed by atoms with van der Waals surface area (Å²) in [5.41, 5.74) is 5.41. The summed E-state index contributed by atoms with van der Waals surface area (Å²) in [6.07, 6.45) is 4.67. The van der Waals surface area contributed by atoms with E-state index in [1.807, 2.05) is 43.3 Å². The molecule has 116 valence electrons. The molecule has 3 aromatic rings. The number of rotatable bonds is 2. The van der Waals surface area contributed by atoms with Crippen molar-refractivity contribution in [1.82, 2.24) is 9.97 Å². The average Bonchev–Trinajstić information content (AvgIpc) is 2.92. The smallest absolute Gasteiger partial charge is 0.256 e. The standard InChI is InChI=1S/C19H19N3O/c1-12-5-4-8-18(20-12)22-19(23)13-9-10-17-15(11-13)14-6-2-3-7-16(14)21-17/h4-5,8-11,21H,2-3,6-7H2,1H3,(H,20,22,23). The third kappa shape index (κ3) is 2.61. The Kier molecular flexibility index (Phi) is 3.37. The minimum Gasteiger partial charge on any atom is -0.358 e. The van der Waals surface area contributed by atoms with E-state index < -0.39 is 0 Å². The number of carbonyl (C=O) groups is 1. The molecule has 1 aliphatic rings. The first-order chi connectivity index (χ1) is 11.2. The predicted octanol–water partition coefficient (Wildman–Crippen LogP) is 4.00. The highest BCUT2D eigenvalue weighted by atomic mass is 16.1. The molecule has 0 spiro atoms. The maximum atomic E-state index is 12.5. The van der Waals surface area contributed by atoms with Crippen LogP contribution in [0.5, 0.6) is 0 Å². The van der Waals surface area contributed by atoms with E-state index in [-0.39, 0.29) is 5.91 Å². The van der Waals surface area contributed by atoms with Gasteiger partial charge in [-0.3, -0.25) is 4.79 Å². The van der Waals surface area contributed by atoms with Crippen LogP contribution < -0.4 is 5.32 Å². The topological polar surface area (TPSA) is 57.8 Å². The van der Waals surface area contributed by atoms with Crippen LogP contribution in [-0.2, 0) is 12.8 Å². The Labute approximate surface area is 134 Å². The predicted molar refractivity (Wildman–Crippen MR) is 91.9 cm³/mol. The van der Waals surface area contributed by atoms with E-state index in [2.05, 4.69) is 15.3 Å². The van der Waals surface area contributed by atoms with Crippen LogP contribution in [0.15, 0.2) is 36.4 Å². The molecule has 0 saturated heterocycles. The summed E-state index contributed by atoms with van der Waals surface area (Å²) in [5, 5.41) is 4.06. The van der Waals surface area contributed by atoms with Crippen LogP contribution in [-0.4, -0.2) is 15.9 Å². The van der Waals surface area contributed by atoms with Gasteiger partial charge in [0.15, 0.2) is 0 Å². The number of nitrogens with one attached hydrogen (secondary N) is 2. The van der Waals surface area contributed by atoms with Crippen molar-refractivity contribution in [2.75, 3.05) is 5.32 Å². The second-order valence-corrected chi connectivity index (χ2v) is 6.17. The quantitative estimate of drug-likeness (QED) is 0.751. The Morgan fingerprint density at radius 1 is 1.17 bits per heavy atom. The summed E-state index contributed by atoms with van der Waals surface area (Å²) in [4.78, 5) is 20.3. The van der Waals surface area contributed by atoms with E-state index in [1.165, 1.54) is 29.5 Å². The van der Waals surface area contributed by atoms with E-state index in [0.29, 0.717) is 11.4 Å². The number of carbonyl (C=O) groups excluding carboxylic acids is 1. The lowest BCUT2D eigenvalue weighted by Gasteiger charge is -2.10. The largest absolute Gasteiger partial charge is 0.358 e. The van der Waals surface area contributed by atoms with E-state index >= 15 is 0 Å². The summed E-state index contributed by atoms with van der Waals surface area (Å²) >= 11 is 0. The van der Waals surface area contributed by atoms with Gasteiger partial charge in [-0.05, 0) is 68.5 Å². The minimum atomic E-state index is -0.115. The molecule has 2 N–H and O–H groups in total. The number of nitrogens with zero attached hydrogens (tertiary/aromatic N) is 1. The zero-order valence-electron chi connectivity index (χ0n) is 13.1. The molecular weight excluding hydrogens is 286 g/mol. The molecule has 0 atom stereocenters.